The predicted octanol–water partition coefficient (Wildman–Crippen LogP) is 2.84. The third kappa shape index (κ3) is 6.85. The van der Waals surface area contributed by atoms with E-state index in [1.54, 1.807) is 13.3 Å². The molecule has 0 aliphatic carbocycles. The molecule has 1 aliphatic heterocycles. The van der Waals surface area contributed by atoms with Crippen LogP contribution < -0.4 is 10.6 Å². The third-order valence-corrected chi connectivity index (χ3v) is 5.88. The lowest BCUT2D eigenvalue weighted by Crippen LogP contribution is -2.45. The summed E-state index contributed by atoms with van der Waals surface area (Å²) in [4.78, 5) is 20.7. The van der Waals surface area contributed by atoms with E-state index in [4.69, 9.17) is 4.42 Å². The Morgan fingerprint density at radius 1 is 1.16 bits per heavy atom. The first-order valence-corrected chi connectivity index (χ1v) is 11.0. The number of likely N-dealkylation sites (tertiary alicyclic amines) is 1. The fraction of sp³-hybridized carbons (Fsp3) is 0.500. The fourth-order valence-corrected chi connectivity index (χ4v) is 4.12. The molecular weight excluding hydrogens is 390 g/mol. The van der Waals surface area contributed by atoms with Crippen LogP contribution in [0.1, 0.15) is 36.1 Å². The Bertz CT molecular complexity index is 841. The number of rotatable bonds is 8. The molecule has 1 amide bonds. The lowest BCUT2D eigenvalue weighted by atomic mass is 9.93. The molecule has 31 heavy (non-hydrogen) atoms. The first-order chi connectivity index (χ1) is 15.1. The maximum Gasteiger partial charge on any atom is 0.220 e. The molecule has 168 valence electrons. The summed E-state index contributed by atoms with van der Waals surface area (Å²) in [5.41, 5.74) is 2.56. The number of nitrogens with one attached hydrogen (secondary N) is 2. The first-order valence-electron chi connectivity index (χ1n) is 11.0. The highest BCUT2D eigenvalue weighted by Gasteiger charge is 2.23. The molecular formula is C24H35N5O2. The number of furan rings is 1. The van der Waals surface area contributed by atoms with Gasteiger partial charge in [-0.2, -0.15) is 0 Å². The molecule has 7 nitrogen and oxygen atoms in total. The molecule has 1 aliphatic rings. The van der Waals surface area contributed by atoms with E-state index >= 15 is 0 Å². The Balaban J connectivity index is 1.52. The molecule has 0 saturated carbocycles. The van der Waals surface area contributed by atoms with Crippen molar-refractivity contribution < 1.29 is 9.21 Å². The molecule has 0 bridgehead atoms. The lowest BCUT2D eigenvalue weighted by molar-refractivity contribution is -0.121. The standard InChI is InChI=1S/C24H35N5O2/c1-25-23(30)15-19-10-12-29(13-11-19)24(26-2)27-16-20-7-4-5-8-21(20)17-28(3)18-22-9-6-14-31-22/h4-9,14,19H,10-13,15-18H2,1-3H3,(H,25,30)(H,26,27). The number of amides is 1. The summed E-state index contributed by atoms with van der Waals surface area (Å²) < 4.78 is 5.47. The fourth-order valence-electron chi connectivity index (χ4n) is 4.12. The van der Waals surface area contributed by atoms with Gasteiger partial charge in [0.05, 0.1) is 12.8 Å². The van der Waals surface area contributed by atoms with Crippen LogP contribution in [-0.2, 0) is 24.4 Å². The van der Waals surface area contributed by atoms with Crippen molar-refractivity contribution in [1.82, 2.24) is 20.4 Å². The SMILES string of the molecule is CN=C(NCc1ccccc1CN(C)Cc1ccco1)N1CCC(CC(=O)NC)CC1. The summed E-state index contributed by atoms with van der Waals surface area (Å²) >= 11 is 0. The maximum absolute atomic E-state index is 11.6. The van der Waals surface area contributed by atoms with Crippen LogP contribution in [0.3, 0.4) is 0 Å². The van der Waals surface area contributed by atoms with E-state index in [0.29, 0.717) is 12.3 Å². The third-order valence-electron chi connectivity index (χ3n) is 5.88. The van der Waals surface area contributed by atoms with Crippen LogP contribution in [0, 0.1) is 5.92 Å². The van der Waals surface area contributed by atoms with Gasteiger partial charge >= 0.3 is 0 Å². The number of carbonyl (C=O) groups is 1. The molecule has 1 aromatic carbocycles. The van der Waals surface area contributed by atoms with Crippen LogP contribution in [0.25, 0.3) is 0 Å². The molecule has 0 radical (unpaired) electrons. The number of aliphatic imine (C=N–C) groups is 1. The van der Waals surface area contributed by atoms with E-state index < -0.39 is 0 Å². The summed E-state index contributed by atoms with van der Waals surface area (Å²) in [5, 5.41) is 6.27. The highest BCUT2D eigenvalue weighted by Crippen LogP contribution is 2.20. The number of hydrogen-bond donors (Lipinski definition) is 2. The zero-order valence-electron chi connectivity index (χ0n) is 18.9. The molecule has 3 rings (SSSR count). The van der Waals surface area contributed by atoms with Gasteiger partial charge < -0.3 is 20.0 Å². The number of benzene rings is 1. The van der Waals surface area contributed by atoms with E-state index in [1.807, 2.05) is 19.2 Å². The van der Waals surface area contributed by atoms with Crippen molar-refractivity contribution in [3.05, 3.63) is 59.5 Å². The number of hydrogen-bond acceptors (Lipinski definition) is 4. The maximum atomic E-state index is 11.6. The van der Waals surface area contributed by atoms with Crippen molar-refractivity contribution in [1.29, 1.82) is 0 Å². The van der Waals surface area contributed by atoms with Crippen LogP contribution >= 0.6 is 0 Å². The molecule has 1 aromatic heterocycles. The number of carbonyl (C=O) groups excluding carboxylic acids is 1. The van der Waals surface area contributed by atoms with Gasteiger partial charge in [0, 0.05) is 46.7 Å². The molecule has 0 spiro atoms. The first kappa shape index (κ1) is 22.9. The van der Waals surface area contributed by atoms with Gasteiger partial charge in [0.15, 0.2) is 5.96 Å². The smallest absolute Gasteiger partial charge is 0.220 e. The van der Waals surface area contributed by atoms with Crippen molar-refractivity contribution in [3.63, 3.8) is 0 Å². The van der Waals surface area contributed by atoms with Crippen molar-refractivity contribution in [3.8, 4) is 0 Å². The minimum Gasteiger partial charge on any atom is -0.468 e. The van der Waals surface area contributed by atoms with E-state index in [0.717, 1.165) is 57.3 Å². The minimum absolute atomic E-state index is 0.134. The van der Waals surface area contributed by atoms with Gasteiger partial charge in [0.1, 0.15) is 5.76 Å². The highest BCUT2D eigenvalue weighted by molar-refractivity contribution is 5.80. The van der Waals surface area contributed by atoms with Gasteiger partial charge in [-0.15, -0.1) is 0 Å². The van der Waals surface area contributed by atoms with Crippen molar-refractivity contribution in [2.45, 2.75) is 38.9 Å². The molecule has 7 heteroatoms. The van der Waals surface area contributed by atoms with E-state index in [1.165, 1.54) is 11.1 Å². The lowest BCUT2D eigenvalue weighted by Gasteiger charge is -2.34. The Morgan fingerprint density at radius 3 is 2.55 bits per heavy atom. The Labute approximate surface area is 185 Å². The normalized spacial score (nSPS) is 15.4. The topological polar surface area (TPSA) is 73.1 Å². The Kier molecular flexibility index (Phi) is 8.53. The van der Waals surface area contributed by atoms with Crippen LogP contribution in [0.5, 0.6) is 0 Å². The zero-order valence-corrected chi connectivity index (χ0v) is 18.9. The Hall–Kier alpha value is -2.80. The minimum atomic E-state index is 0.134. The quantitative estimate of drug-likeness (QED) is 0.503. The summed E-state index contributed by atoms with van der Waals surface area (Å²) in [6, 6.07) is 12.5. The van der Waals surface area contributed by atoms with Gasteiger partial charge in [-0.05, 0) is 49.1 Å². The molecule has 1 fully saturated rings. The van der Waals surface area contributed by atoms with E-state index in [2.05, 4.69) is 56.7 Å². The largest absolute Gasteiger partial charge is 0.468 e. The second kappa shape index (κ2) is 11.6. The van der Waals surface area contributed by atoms with Gasteiger partial charge in [-0.3, -0.25) is 14.7 Å². The van der Waals surface area contributed by atoms with E-state index in [-0.39, 0.29) is 5.91 Å². The number of piperidine rings is 1. The molecule has 2 heterocycles. The average molecular weight is 426 g/mol. The van der Waals surface area contributed by atoms with Crippen LogP contribution in [0.15, 0.2) is 52.1 Å². The van der Waals surface area contributed by atoms with Crippen molar-refractivity contribution in [2.75, 3.05) is 34.2 Å². The summed E-state index contributed by atoms with van der Waals surface area (Å²) in [7, 11) is 5.65. The summed E-state index contributed by atoms with van der Waals surface area (Å²) in [6.07, 6.45) is 4.37. The second-order valence-electron chi connectivity index (χ2n) is 8.23. The van der Waals surface area contributed by atoms with E-state index in [9.17, 15) is 4.79 Å². The van der Waals surface area contributed by atoms with Crippen molar-refractivity contribution >= 4 is 11.9 Å². The van der Waals surface area contributed by atoms with Crippen LogP contribution in [-0.4, -0.2) is 55.9 Å². The molecule has 1 saturated heterocycles. The van der Waals surface area contributed by atoms with Crippen LogP contribution in [0.2, 0.25) is 0 Å². The molecule has 2 aromatic rings. The predicted molar refractivity (Wildman–Crippen MR) is 124 cm³/mol. The van der Waals surface area contributed by atoms with Crippen LogP contribution in [0.4, 0.5) is 0 Å². The molecule has 0 atom stereocenters. The summed E-state index contributed by atoms with van der Waals surface area (Å²) in [6.45, 7) is 4.21. The summed E-state index contributed by atoms with van der Waals surface area (Å²) in [5.74, 6) is 2.49. The second-order valence-corrected chi connectivity index (χ2v) is 8.23. The Morgan fingerprint density at radius 2 is 1.90 bits per heavy atom. The average Bonchev–Trinajstić information content (AvgIpc) is 3.29. The van der Waals surface area contributed by atoms with Gasteiger partial charge in [0.25, 0.3) is 0 Å². The highest BCUT2D eigenvalue weighted by atomic mass is 16.3. The zero-order chi connectivity index (χ0) is 22.1. The number of nitrogens with zero attached hydrogens (tertiary/aromatic N) is 3. The molecule has 0 unspecified atom stereocenters. The monoisotopic (exact) mass is 425 g/mol. The van der Waals surface area contributed by atoms with Crippen molar-refractivity contribution in [2.24, 2.45) is 10.9 Å². The number of guanidine groups is 1. The van der Waals surface area contributed by atoms with Gasteiger partial charge in [-0.1, -0.05) is 24.3 Å². The van der Waals surface area contributed by atoms with Gasteiger partial charge in [0.2, 0.25) is 5.91 Å². The van der Waals surface area contributed by atoms with Gasteiger partial charge in [-0.25, -0.2) is 0 Å². The molecule has 2 N–H and O–H groups in total.